The summed E-state index contributed by atoms with van der Waals surface area (Å²) in [6.45, 7) is 1.37. The zero-order valence-corrected chi connectivity index (χ0v) is 21.0. The van der Waals surface area contributed by atoms with Crippen LogP contribution >= 0.6 is 0 Å². The molecule has 4 heterocycles. The first-order valence-corrected chi connectivity index (χ1v) is 13.8. The number of benzene rings is 1. The number of ether oxygens (including phenoxy) is 1. The number of hydrazone groups is 1. The molecule has 2 aromatic heterocycles. The van der Waals surface area contributed by atoms with Crippen LogP contribution in [0.15, 0.2) is 85.5 Å². The van der Waals surface area contributed by atoms with Crippen molar-refractivity contribution in [3.05, 3.63) is 83.7 Å². The van der Waals surface area contributed by atoms with Crippen molar-refractivity contribution in [3.8, 4) is 0 Å². The summed E-state index contributed by atoms with van der Waals surface area (Å²) in [7, 11) is -3.65. The van der Waals surface area contributed by atoms with Crippen molar-refractivity contribution < 1.29 is 26.8 Å². The van der Waals surface area contributed by atoms with E-state index in [0.29, 0.717) is 37.6 Å². The van der Waals surface area contributed by atoms with Crippen LogP contribution in [0.1, 0.15) is 47.2 Å². The first-order chi connectivity index (χ1) is 18.0. The van der Waals surface area contributed by atoms with Gasteiger partial charge in [0.15, 0.2) is 0 Å². The predicted molar refractivity (Wildman–Crippen MR) is 135 cm³/mol. The molecule has 3 aromatic rings. The summed E-state index contributed by atoms with van der Waals surface area (Å²) in [6, 6.07) is 13.1. The van der Waals surface area contributed by atoms with Crippen LogP contribution in [-0.4, -0.2) is 55.7 Å². The Morgan fingerprint density at radius 3 is 2.46 bits per heavy atom. The van der Waals surface area contributed by atoms with Crippen LogP contribution in [0.2, 0.25) is 0 Å². The first kappa shape index (κ1) is 23.9. The highest BCUT2D eigenvalue weighted by atomic mass is 32.2. The van der Waals surface area contributed by atoms with Gasteiger partial charge in [0.1, 0.15) is 17.6 Å². The van der Waals surface area contributed by atoms with E-state index in [4.69, 9.17) is 18.7 Å². The Hall–Kier alpha value is -3.47. The lowest BCUT2D eigenvalue weighted by Crippen LogP contribution is -2.40. The van der Waals surface area contributed by atoms with Crippen LogP contribution < -0.4 is 0 Å². The zero-order valence-electron chi connectivity index (χ0n) is 20.2. The van der Waals surface area contributed by atoms with Crippen LogP contribution in [-0.2, 0) is 14.8 Å². The second-order valence-electron chi connectivity index (χ2n) is 9.32. The summed E-state index contributed by atoms with van der Waals surface area (Å²) in [5, 5.41) is 6.31. The fourth-order valence-electron chi connectivity index (χ4n) is 5.29. The molecule has 9 nitrogen and oxygen atoms in total. The second kappa shape index (κ2) is 9.77. The molecule has 1 saturated carbocycles. The van der Waals surface area contributed by atoms with Crippen LogP contribution in [0.4, 0.5) is 0 Å². The number of allylic oxidation sites excluding steroid dienone is 1. The molecule has 0 unspecified atom stereocenters. The first-order valence-electron chi connectivity index (χ1n) is 12.4. The molecule has 1 aromatic carbocycles. The normalized spacial score (nSPS) is 23.7. The summed E-state index contributed by atoms with van der Waals surface area (Å²) >= 11 is 0. The molecular formula is C27H27N3O6S. The third-order valence-electron chi connectivity index (χ3n) is 7.11. The van der Waals surface area contributed by atoms with Gasteiger partial charge in [-0.15, -0.1) is 0 Å². The summed E-state index contributed by atoms with van der Waals surface area (Å²) < 4.78 is 43.9. The molecule has 1 saturated heterocycles. The minimum atomic E-state index is -3.65. The van der Waals surface area contributed by atoms with Gasteiger partial charge in [-0.3, -0.25) is 4.79 Å². The van der Waals surface area contributed by atoms with Gasteiger partial charge in [-0.2, -0.15) is 9.41 Å². The summed E-state index contributed by atoms with van der Waals surface area (Å²) in [5.41, 5.74) is 2.27. The maximum absolute atomic E-state index is 13.7. The minimum Gasteiger partial charge on any atom is -0.467 e. The maximum Gasteiger partial charge on any atom is 0.274 e. The number of amides is 1. The Balaban J connectivity index is 1.32. The standard InChI is InChI=1S/C27H27N3O6S/c31-27(19-8-10-22(11-9-19)37(32,33)29-12-16-34-17-13-29)30-26(24-7-3-15-36-24)23-6-1-4-20(25(23)28-30)18-21-5-2-14-35-21/h2-3,5,7-11,14-15,18,23,26H,1,4,6,12-13,16-17H2/b20-18-/t23-,26-/m0/s1. The van der Waals surface area contributed by atoms with Crippen molar-refractivity contribution in [2.45, 2.75) is 30.2 Å². The van der Waals surface area contributed by atoms with Crippen LogP contribution in [0, 0.1) is 5.92 Å². The fraction of sp³-hybridized carbons (Fsp3) is 0.333. The maximum atomic E-state index is 13.7. The Morgan fingerprint density at radius 1 is 1.00 bits per heavy atom. The topological polar surface area (TPSA) is 106 Å². The highest BCUT2D eigenvalue weighted by Crippen LogP contribution is 2.45. The third-order valence-corrected chi connectivity index (χ3v) is 9.03. The van der Waals surface area contributed by atoms with E-state index >= 15 is 0 Å². The van der Waals surface area contributed by atoms with Gasteiger partial charge in [-0.1, -0.05) is 0 Å². The van der Waals surface area contributed by atoms with Gasteiger partial charge in [-0.05, 0) is 79.4 Å². The number of nitrogens with zero attached hydrogens (tertiary/aromatic N) is 3. The van der Waals surface area contributed by atoms with Gasteiger partial charge in [-0.25, -0.2) is 13.4 Å². The number of hydrogen-bond donors (Lipinski definition) is 0. The van der Waals surface area contributed by atoms with Gasteiger partial charge < -0.3 is 13.6 Å². The number of carbonyl (C=O) groups excluding carboxylic acids is 1. The lowest BCUT2D eigenvalue weighted by molar-refractivity contribution is 0.0656. The van der Waals surface area contributed by atoms with Gasteiger partial charge in [0, 0.05) is 24.6 Å². The van der Waals surface area contributed by atoms with Crippen molar-refractivity contribution in [3.63, 3.8) is 0 Å². The number of fused-ring (bicyclic) bond motifs is 1. The number of rotatable bonds is 5. The quantitative estimate of drug-likeness (QED) is 0.495. The van der Waals surface area contributed by atoms with E-state index in [-0.39, 0.29) is 22.8 Å². The fourth-order valence-corrected chi connectivity index (χ4v) is 6.70. The Bertz CT molecular complexity index is 1420. The van der Waals surface area contributed by atoms with E-state index in [1.54, 1.807) is 24.7 Å². The van der Waals surface area contributed by atoms with E-state index < -0.39 is 10.0 Å². The molecule has 192 valence electrons. The van der Waals surface area contributed by atoms with Crippen LogP contribution in [0.5, 0.6) is 0 Å². The Labute approximate surface area is 215 Å². The zero-order chi connectivity index (χ0) is 25.4. The molecule has 2 fully saturated rings. The highest BCUT2D eigenvalue weighted by Gasteiger charge is 2.45. The van der Waals surface area contributed by atoms with Crippen molar-refractivity contribution in [1.82, 2.24) is 9.31 Å². The van der Waals surface area contributed by atoms with E-state index in [0.717, 1.165) is 36.3 Å². The molecule has 37 heavy (non-hydrogen) atoms. The van der Waals surface area contributed by atoms with Crippen LogP contribution in [0.25, 0.3) is 6.08 Å². The van der Waals surface area contributed by atoms with Gasteiger partial charge in [0.2, 0.25) is 10.0 Å². The van der Waals surface area contributed by atoms with E-state index in [1.807, 2.05) is 30.3 Å². The van der Waals surface area contributed by atoms with Crippen molar-refractivity contribution in [2.75, 3.05) is 26.3 Å². The van der Waals surface area contributed by atoms with E-state index in [2.05, 4.69) is 0 Å². The molecule has 0 radical (unpaired) electrons. The van der Waals surface area contributed by atoms with Gasteiger partial charge in [0.05, 0.1) is 36.3 Å². The number of furan rings is 2. The second-order valence-corrected chi connectivity index (χ2v) is 11.3. The molecular weight excluding hydrogens is 494 g/mol. The van der Waals surface area contributed by atoms with E-state index in [9.17, 15) is 13.2 Å². The van der Waals surface area contributed by atoms with Crippen molar-refractivity contribution in [2.24, 2.45) is 11.0 Å². The molecule has 1 aliphatic carbocycles. The minimum absolute atomic E-state index is 0.00830. The van der Waals surface area contributed by atoms with Gasteiger partial charge >= 0.3 is 0 Å². The Morgan fingerprint density at radius 2 is 1.76 bits per heavy atom. The van der Waals surface area contributed by atoms with Gasteiger partial charge in [0.25, 0.3) is 5.91 Å². The molecule has 1 amide bonds. The lowest BCUT2D eigenvalue weighted by atomic mass is 9.79. The summed E-state index contributed by atoms with van der Waals surface area (Å²) in [6.07, 6.45) is 7.90. The molecule has 0 N–H and O–H groups in total. The SMILES string of the molecule is O=C(c1ccc(S(=O)(=O)N2CCOCC2)cc1)N1N=C2/C(=C\c3ccco3)CCC[C@@H]2[C@H]1c1ccco1. The largest absolute Gasteiger partial charge is 0.467 e. The average Bonchev–Trinajstić information content (AvgIpc) is 3.70. The molecule has 0 bridgehead atoms. The summed E-state index contributed by atoms with van der Waals surface area (Å²) in [4.78, 5) is 13.9. The average molecular weight is 522 g/mol. The molecule has 6 rings (SSSR count). The molecule has 2 atom stereocenters. The third kappa shape index (κ3) is 4.45. The number of hydrogen-bond acceptors (Lipinski definition) is 7. The molecule has 3 aliphatic rings. The van der Waals surface area contributed by atoms with Crippen LogP contribution in [0.3, 0.4) is 0 Å². The highest BCUT2D eigenvalue weighted by molar-refractivity contribution is 7.89. The number of carbonyl (C=O) groups is 1. The monoisotopic (exact) mass is 521 g/mol. The smallest absolute Gasteiger partial charge is 0.274 e. The number of morpholine rings is 1. The van der Waals surface area contributed by atoms with E-state index in [1.165, 1.54) is 21.4 Å². The van der Waals surface area contributed by atoms with Crippen molar-refractivity contribution >= 4 is 27.7 Å². The predicted octanol–water partition coefficient (Wildman–Crippen LogP) is 4.33. The summed E-state index contributed by atoms with van der Waals surface area (Å²) in [5.74, 6) is 1.10. The molecule has 0 spiro atoms. The lowest BCUT2D eigenvalue weighted by Gasteiger charge is -2.28. The molecule has 2 aliphatic heterocycles. The number of sulfonamides is 1. The molecule has 10 heteroatoms. The Kier molecular flexibility index (Phi) is 6.31. The van der Waals surface area contributed by atoms with Crippen molar-refractivity contribution in [1.29, 1.82) is 0 Å².